The van der Waals surface area contributed by atoms with Gasteiger partial charge in [0.2, 0.25) is 0 Å². The van der Waals surface area contributed by atoms with Gasteiger partial charge < -0.3 is 20.1 Å². The molecule has 1 heterocycles. The average Bonchev–Trinajstić information content (AvgIpc) is 3.56. The number of anilines is 1. The van der Waals surface area contributed by atoms with Crippen LogP contribution in [0.2, 0.25) is 0 Å². The molecule has 0 bridgehead atoms. The number of fused-ring (bicyclic) bond motifs is 1. The molecule has 2 aromatic rings. The monoisotopic (exact) mass is 499 g/mol. The molecular weight excluding hydrogens is 466 g/mol. The summed E-state index contributed by atoms with van der Waals surface area (Å²) in [6.45, 7) is 6.21. The molecule has 0 aliphatic heterocycles. The van der Waals surface area contributed by atoms with Gasteiger partial charge in [-0.25, -0.2) is 9.59 Å². The van der Waals surface area contributed by atoms with E-state index in [1.165, 1.54) is 11.3 Å². The first-order chi connectivity index (χ1) is 16.7. The molecule has 3 amide bonds. The highest BCUT2D eigenvalue weighted by atomic mass is 32.1. The number of nitrogens with one attached hydrogen (secondary N) is 3. The van der Waals surface area contributed by atoms with Crippen molar-refractivity contribution in [2.24, 2.45) is 5.92 Å². The highest BCUT2D eigenvalue weighted by Crippen LogP contribution is 2.39. The Bertz CT molecular complexity index is 1070. The summed E-state index contributed by atoms with van der Waals surface area (Å²) in [5, 5.41) is 9.23. The largest absolute Gasteiger partial charge is 0.445 e. The Kier molecular flexibility index (Phi) is 7.64. The number of ether oxygens (including phenoxy) is 2. The van der Waals surface area contributed by atoms with E-state index in [9.17, 15) is 14.4 Å². The minimum atomic E-state index is -0.648. The molecule has 1 fully saturated rings. The summed E-state index contributed by atoms with van der Waals surface area (Å²) >= 11 is 1.41. The number of amides is 3. The van der Waals surface area contributed by atoms with E-state index in [0.717, 1.165) is 35.3 Å². The second kappa shape index (κ2) is 10.7. The third kappa shape index (κ3) is 7.21. The average molecular weight is 500 g/mol. The van der Waals surface area contributed by atoms with E-state index in [-0.39, 0.29) is 18.6 Å². The number of hydrogen-bond donors (Lipinski definition) is 3. The van der Waals surface area contributed by atoms with Gasteiger partial charge in [-0.15, -0.1) is 11.3 Å². The molecule has 0 spiro atoms. The molecule has 9 heteroatoms. The lowest BCUT2D eigenvalue weighted by Gasteiger charge is -2.24. The van der Waals surface area contributed by atoms with Crippen LogP contribution in [0.4, 0.5) is 14.6 Å². The number of alkyl carbamates (subject to hydrolysis) is 1. The summed E-state index contributed by atoms with van der Waals surface area (Å²) in [7, 11) is 0. The zero-order chi connectivity index (χ0) is 25.0. The molecule has 0 saturated heterocycles. The zero-order valence-electron chi connectivity index (χ0n) is 20.4. The zero-order valence-corrected chi connectivity index (χ0v) is 21.3. The Hall–Kier alpha value is -3.07. The molecule has 1 atom stereocenters. The van der Waals surface area contributed by atoms with Crippen LogP contribution in [0.5, 0.6) is 0 Å². The summed E-state index contributed by atoms with van der Waals surface area (Å²) in [5.41, 5.74) is 1.61. The second-order valence-electron chi connectivity index (χ2n) is 10.1. The highest BCUT2D eigenvalue weighted by molar-refractivity contribution is 7.17. The summed E-state index contributed by atoms with van der Waals surface area (Å²) in [5.74, 6) is 0.331. The van der Waals surface area contributed by atoms with Gasteiger partial charge in [0, 0.05) is 17.5 Å². The van der Waals surface area contributed by atoms with E-state index in [1.807, 2.05) is 30.3 Å². The van der Waals surface area contributed by atoms with Crippen molar-refractivity contribution in [1.82, 2.24) is 10.6 Å². The van der Waals surface area contributed by atoms with Crippen LogP contribution in [-0.2, 0) is 28.9 Å². The maximum absolute atomic E-state index is 13.2. The fourth-order valence-corrected chi connectivity index (χ4v) is 5.24. The van der Waals surface area contributed by atoms with Crippen molar-refractivity contribution >= 4 is 34.4 Å². The van der Waals surface area contributed by atoms with Crippen LogP contribution in [0.25, 0.3) is 0 Å². The molecule has 35 heavy (non-hydrogen) atoms. The fraction of sp³-hybridized carbons (Fsp3) is 0.500. The minimum Gasteiger partial charge on any atom is -0.445 e. The number of thiophene rings is 1. The van der Waals surface area contributed by atoms with E-state index in [4.69, 9.17) is 9.47 Å². The number of hydrogen-bond acceptors (Lipinski definition) is 6. The summed E-state index contributed by atoms with van der Waals surface area (Å²) < 4.78 is 10.8. The normalized spacial score (nSPS) is 17.2. The lowest BCUT2D eigenvalue weighted by atomic mass is 9.91. The Morgan fingerprint density at radius 3 is 2.49 bits per heavy atom. The van der Waals surface area contributed by atoms with Crippen molar-refractivity contribution in [3.63, 3.8) is 0 Å². The lowest BCUT2D eigenvalue weighted by Crippen LogP contribution is -2.39. The van der Waals surface area contributed by atoms with E-state index in [1.54, 1.807) is 20.8 Å². The first kappa shape index (κ1) is 25.0. The highest BCUT2D eigenvalue weighted by Gasteiger charge is 2.32. The first-order valence-electron chi connectivity index (χ1n) is 12.1. The lowest BCUT2D eigenvalue weighted by molar-refractivity contribution is 0.0636. The van der Waals surface area contributed by atoms with Crippen molar-refractivity contribution in [3.8, 4) is 0 Å². The van der Waals surface area contributed by atoms with Crippen LogP contribution in [-0.4, -0.2) is 36.3 Å². The Balaban J connectivity index is 1.45. The van der Waals surface area contributed by atoms with Crippen LogP contribution in [0.15, 0.2) is 30.3 Å². The predicted molar refractivity (Wildman–Crippen MR) is 135 cm³/mol. The number of carbonyl (C=O) groups excluding carboxylic acids is 3. The molecule has 1 saturated carbocycles. The molecule has 0 radical (unpaired) electrons. The van der Waals surface area contributed by atoms with E-state index >= 15 is 0 Å². The van der Waals surface area contributed by atoms with Gasteiger partial charge in [0.15, 0.2) is 0 Å². The number of carbonyl (C=O) groups is 3. The van der Waals surface area contributed by atoms with Gasteiger partial charge in [-0.1, -0.05) is 30.3 Å². The van der Waals surface area contributed by atoms with E-state index in [0.29, 0.717) is 35.9 Å². The molecule has 1 unspecified atom stereocenters. The van der Waals surface area contributed by atoms with Crippen LogP contribution in [0.3, 0.4) is 0 Å². The number of benzene rings is 1. The maximum atomic E-state index is 13.2. The number of aryl methyl sites for hydroxylation is 1. The SMILES string of the molecule is CC(C)(C)OC(=O)Nc1sc2c(c1C(=O)NCC1CC1)CC(NC(=O)OCc1ccccc1)CC2. The Morgan fingerprint density at radius 2 is 1.80 bits per heavy atom. The quantitative estimate of drug-likeness (QED) is 0.496. The molecular formula is C26H33N3O5S. The van der Waals surface area contributed by atoms with Gasteiger partial charge in [0.1, 0.15) is 17.2 Å². The molecule has 8 nitrogen and oxygen atoms in total. The molecule has 2 aliphatic rings. The summed E-state index contributed by atoms with van der Waals surface area (Å²) in [6, 6.07) is 9.34. The van der Waals surface area contributed by atoms with Gasteiger partial charge in [-0.05, 0) is 69.9 Å². The third-order valence-corrected chi connectivity index (χ3v) is 7.09. The van der Waals surface area contributed by atoms with E-state index in [2.05, 4.69) is 16.0 Å². The van der Waals surface area contributed by atoms with Gasteiger partial charge in [0.25, 0.3) is 5.91 Å². The van der Waals surface area contributed by atoms with Gasteiger partial charge in [-0.3, -0.25) is 10.1 Å². The maximum Gasteiger partial charge on any atom is 0.412 e. The van der Waals surface area contributed by atoms with Crippen LogP contribution in [0, 0.1) is 5.92 Å². The predicted octanol–water partition coefficient (Wildman–Crippen LogP) is 5.02. The van der Waals surface area contributed by atoms with Crippen LogP contribution < -0.4 is 16.0 Å². The third-order valence-electron chi connectivity index (χ3n) is 5.89. The molecule has 4 rings (SSSR count). The van der Waals surface area contributed by atoms with Crippen molar-refractivity contribution in [3.05, 3.63) is 51.9 Å². The van der Waals surface area contributed by atoms with Crippen LogP contribution in [0.1, 0.15) is 66.4 Å². The fourth-order valence-electron chi connectivity index (χ4n) is 4.01. The summed E-state index contributed by atoms with van der Waals surface area (Å²) in [6.07, 6.45) is 3.10. The number of rotatable bonds is 7. The molecule has 1 aromatic carbocycles. The standard InChI is InChI=1S/C26H33N3O5S/c1-26(2,3)34-25(32)29-23-21(22(30)27-14-16-9-10-16)19-13-18(11-12-20(19)35-23)28-24(31)33-15-17-7-5-4-6-8-17/h4-8,16,18H,9-15H2,1-3H3,(H,27,30)(H,28,31)(H,29,32). The summed E-state index contributed by atoms with van der Waals surface area (Å²) in [4.78, 5) is 39.1. The molecule has 2 aliphatic carbocycles. The van der Waals surface area contributed by atoms with E-state index < -0.39 is 17.8 Å². The molecule has 188 valence electrons. The van der Waals surface area contributed by atoms with Crippen LogP contribution >= 0.6 is 11.3 Å². The van der Waals surface area contributed by atoms with Gasteiger partial charge in [-0.2, -0.15) is 0 Å². The minimum absolute atomic E-state index is 0.162. The molecule has 3 N–H and O–H groups in total. The van der Waals surface area contributed by atoms with Crippen molar-refractivity contribution in [2.75, 3.05) is 11.9 Å². The van der Waals surface area contributed by atoms with Crippen molar-refractivity contribution in [2.45, 2.75) is 71.1 Å². The first-order valence-corrected chi connectivity index (χ1v) is 12.9. The molecule has 1 aromatic heterocycles. The Labute approximate surface area is 209 Å². The second-order valence-corrected chi connectivity index (χ2v) is 11.2. The van der Waals surface area contributed by atoms with Crippen molar-refractivity contribution in [1.29, 1.82) is 0 Å². The van der Waals surface area contributed by atoms with Gasteiger partial charge in [0.05, 0.1) is 5.56 Å². The van der Waals surface area contributed by atoms with Gasteiger partial charge >= 0.3 is 12.2 Å². The van der Waals surface area contributed by atoms with Crippen molar-refractivity contribution < 1.29 is 23.9 Å². The smallest absolute Gasteiger partial charge is 0.412 e. The Morgan fingerprint density at radius 1 is 1.06 bits per heavy atom. The topological polar surface area (TPSA) is 106 Å².